The van der Waals surface area contributed by atoms with Gasteiger partial charge in [0.1, 0.15) is 5.75 Å². The minimum absolute atomic E-state index is 0.0148. The Kier molecular flexibility index (Phi) is 6.06. The zero-order valence-electron chi connectivity index (χ0n) is 11.4. The van der Waals surface area contributed by atoms with Gasteiger partial charge in [0.05, 0.1) is 6.61 Å². The van der Waals surface area contributed by atoms with Crippen molar-refractivity contribution in [3.63, 3.8) is 0 Å². The Bertz CT molecular complexity index is 451. The van der Waals surface area contributed by atoms with Crippen LogP contribution in [0.1, 0.15) is 49.0 Å². The predicted molar refractivity (Wildman–Crippen MR) is 72.8 cm³/mol. The molecule has 4 heteroatoms. The van der Waals surface area contributed by atoms with Crippen molar-refractivity contribution in [2.45, 2.75) is 39.5 Å². The molecule has 0 fully saturated rings. The summed E-state index contributed by atoms with van der Waals surface area (Å²) >= 11 is 0. The summed E-state index contributed by atoms with van der Waals surface area (Å²) in [5.74, 6) is -0.0696. The Morgan fingerprint density at radius 1 is 1.21 bits per heavy atom. The van der Waals surface area contributed by atoms with E-state index in [0.717, 1.165) is 17.7 Å². The van der Waals surface area contributed by atoms with E-state index >= 15 is 0 Å². The van der Waals surface area contributed by atoms with Crippen molar-refractivity contribution in [1.82, 2.24) is 0 Å². The Hall–Kier alpha value is -1.84. The van der Waals surface area contributed by atoms with Crippen molar-refractivity contribution in [2.24, 2.45) is 0 Å². The number of hydrogen-bond acceptors (Lipinski definition) is 3. The van der Waals surface area contributed by atoms with Gasteiger partial charge in [-0.3, -0.25) is 9.59 Å². The fourth-order valence-corrected chi connectivity index (χ4v) is 1.87. The van der Waals surface area contributed by atoms with Gasteiger partial charge < -0.3 is 9.84 Å². The van der Waals surface area contributed by atoms with Gasteiger partial charge in [-0.25, -0.2) is 0 Å². The van der Waals surface area contributed by atoms with Gasteiger partial charge in [-0.15, -0.1) is 0 Å². The molecule has 0 atom stereocenters. The monoisotopic (exact) mass is 264 g/mol. The summed E-state index contributed by atoms with van der Waals surface area (Å²) in [7, 11) is 0. The number of carbonyl (C=O) groups excluding carboxylic acids is 1. The number of Topliss-reactive ketones (excluding diaryl/α,β-unsaturated/α-hetero) is 1. The zero-order valence-corrected chi connectivity index (χ0v) is 11.4. The van der Waals surface area contributed by atoms with Crippen molar-refractivity contribution in [3.05, 3.63) is 29.3 Å². The lowest BCUT2D eigenvalue weighted by Gasteiger charge is -2.10. The third kappa shape index (κ3) is 4.73. The summed E-state index contributed by atoms with van der Waals surface area (Å²) in [5.41, 5.74) is 1.64. The number of carbonyl (C=O) groups is 2. The molecule has 0 aliphatic carbocycles. The molecule has 1 aromatic rings. The first kappa shape index (κ1) is 15.2. The lowest BCUT2D eigenvalue weighted by molar-refractivity contribution is -0.137. The minimum Gasteiger partial charge on any atom is -0.494 e. The first-order valence-corrected chi connectivity index (χ1v) is 6.59. The summed E-state index contributed by atoms with van der Waals surface area (Å²) in [5, 5.41) is 8.55. The Balaban J connectivity index is 2.72. The van der Waals surface area contributed by atoms with Gasteiger partial charge in [0.25, 0.3) is 0 Å². The Morgan fingerprint density at radius 2 is 1.95 bits per heavy atom. The Morgan fingerprint density at radius 3 is 2.53 bits per heavy atom. The first-order valence-electron chi connectivity index (χ1n) is 6.59. The van der Waals surface area contributed by atoms with Crippen LogP contribution in [-0.2, 0) is 11.2 Å². The van der Waals surface area contributed by atoms with E-state index in [1.54, 1.807) is 6.07 Å². The second kappa shape index (κ2) is 7.56. The molecule has 1 N–H and O–H groups in total. The highest BCUT2D eigenvalue weighted by molar-refractivity contribution is 5.96. The molecule has 0 amide bonds. The number of aryl methyl sites for hydroxylation is 1. The highest BCUT2D eigenvalue weighted by Gasteiger charge is 2.10. The lowest BCUT2D eigenvalue weighted by Crippen LogP contribution is -2.04. The smallest absolute Gasteiger partial charge is 0.303 e. The van der Waals surface area contributed by atoms with Crippen LogP contribution in [0.3, 0.4) is 0 Å². The molecule has 0 saturated heterocycles. The topological polar surface area (TPSA) is 63.6 Å². The van der Waals surface area contributed by atoms with Gasteiger partial charge in [0.2, 0.25) is 0 Å². The minimum atomic E-state index is -0.867. The molecular weight excluding hydrogens is 244 g/mol. The summed E-state index contributed by atoms with van der Waals surface area (Å²) < 4.78 is 5.49. The molecule has 0 aliphatic rings. The van der Waals surface area contributed by atoms with E-state index in [4.69, 9.17) is 9.84 Å². The summed E-state index contributed by atoms with van der Waals surface area (Å²) in [6, 6.07) is 5.40. The second-order valence-corrected chi connectivity index (χ2v) is 4.28. The molecule has 0 radical (unpaired) electrons. The number of benzene rings is 1. The van der Waals surface area contributed by atoms with Crippen LogP contribution in [0, 0.1) is 0 Å². The maximum Gasteiger partial charge on any atom is 0.303 e. The molecule has 1 aromatic carbocycles. The highest BCUT2D eigenvalue weighted by Crippen LogP contribution is 2.22. The first-order chi connectivity index (χ1) is 9.08. The molecule has 0 aliphatic heterocycles. The average Bonchev–Trinajstić information content (AvgIpc) is 2.39. The van der Waals surface area contributed by atoms with Crippen LogP contribution < -0.4 is 4.74 Å². The number of ether oxygens (including phenoxy) is 1. The number of ketones is 1. The maximum atomic E-state index is 11.9. The summed E-state index contributed by atoms with van der Waals surface area (Å²) in [6.45, 7) is 4.53. The SMILES string of the molecule is CCOc1ccc(C(=O)CCCC(=O)O)cc1CC. The van der Waals surface area contributed by atoms with Crippen LogP contribution in [0.15, 0.2) is 18.2 Å². The van der Waals surface area contributed by atoms with Crippen LogP contribution in [0.25, 0.3) is 0 Å². The van der Waals surface area contributed by atoms with E-state index < -0.39 is 5.97 Å². The number of hydrogen-bond donors (Lipinski definition) is 1. The molecule has 0 spiro atoms. The van der Waals surface area contributed by atoms with E-state index in [0.29, 0.717) is 18.6 Å². The molecule has 0 bridgehead atoms. The van der Waals surface area contributed by atoms with E-state index in [9.17, 15) is 9.59 Å². The standard InChI is InChI=1S/C15H20O4/c1-3-11-10-12(8-9-14(11)19-4-2)13(16)6-5-7-15(17)18/h8-10H,3-7H2,1-2H3,(H,17,18). The summed E-state index contributed by atoms with van der Waals surface area (Å²) in [4.78, 5) is 22.3. The third-order valence-corrected chi connectivity index (χ3v) is 2.86. The number of rotatable bonds is 8. The molecule has 1 rings (SSSR count). The average molecular weight is 264 g/mol. The second-order valence-electron chi connectivity index (χ2n) is 4.28. The van der Waals surface area contributed by atoms with E-state index in [1.807, 2.05) is 26.0 Å². The molecule has 104 valence electrons. The molecule has 0 saturated carbocycles. The Labute approximate surface area is 113 Å². The van der Waals surface area contributed by atoms with Gasteiger partial charge in [0.15, 0.2) is 5.78 Å². The molecule has 0 unspecified atom stereocenters. The molecule has 4 nitrogen and oxygen atoms in total. The lowest BCUT2D eigenvalue weighted by atomic mass is 10.0. The van der Waals surface area contributed by atoms with Gasteiger partial charge in [-0.1, -0.05) is 6.92 Å². The van der Waals surface area contributed by atoms with E-state index in [-0.39, 0.29) is 18.6 Å². The van der Waals surface area contributed by atoms with Crippen LogP contribution >= 0.6 is 0 Å². The normalized spacial score (nSPS) is 10.2. The zero-order chi connectivity index (χ0) is 14.3. The van der Waals surface area contributed by atoms with Crippen LogP contribution in [-0.4, -0.2) is 23.5 Å². The highest BCUT2D eigenvalue weighted by atomic mass is 16.5. The molecule has 19 heavy (non-hydrogen) atoms. The van der Waals surface area contributed by atoms with E-state index in [2.05, 4.69) is 0 Å². The molecule has 0 heterocycles. The van der Waals surface area contributed by atoms with Crippen molar-refractivity contribution < 1.29 is 19.4 Å². The van der Waals surface area contributed by atoms with Crippen molar-refractivity contribution in [3.8, 4) is 5.75 Å². The largest absolute Gasteiger partial charge is 0.494 e. The van der Waals surface area contributed by atoms with Gasteiger partial charge >= 0.3 is 5.97 Å². The van der Waals surface area contributed by atoms with Crippen molar-refractivity contribution in [2.75, 3.05) is 6.61 Å². The summed E-state index contributed by atoms with van der Waals surface area (Å²) in [6.07, 6.45) is 1.47. The van der Waals surface area contributed by atoms with Crippen LogP contribution in [0.4, 0.5) is 0 Å². The van der Waals surface area contributed by atoms with Crippen LogP contribution in [0.2, 0.25) is 0 Å². The predicted octanol–water partition coefficient (Wildman–Crippen LogP) is 3.09. The van der Waals surface area contributed by atoms with Crippen molar-refractivity contribution >= 4 is 11.8 Å². The molecule has 0 aromatic heterocycles. The van der Waals surface area contributed by atoms with E-state index in [1.165, 1.54) is 0 Å². The number of carboxylic acids is 1. The van der Waals surface area contributed by atoms with Crippen LogP contribution in [0.5, 0.6) is 5.75 Å². The fourth-order valence-electron chi connectivity index (χ4n) is 1.87. The fraction of sp³-hybridized carbons (Fsp3) is 0.467. The van der Waals surface area contributed by atoms with Gasteiger partial charge in [0, 0.05) is 18.4 Å². The quantitative estimate of drug-likeness (QED) is 0.733. The number of carboxylic acid groups (broad SMARTS) is 1. The van der Waals surface area contributed by atoms with Gasteiger partial charge in [-0.05, 0) is 43.5 Å². The van der Waals surface area contributed by atoms with Gasteiger partial charge in [-0.2, -0.15) is 0 Å². The third-order valence-electron chi connectivity index (χ3n) is 2.86. The number of aliphatic carboxylic acids is 1. The maximum absolute atomic E-state index is 11.9. The van der Waals surface area contributed by atoms with Crippen molar-refractivity contribution in [1.29, 1.82) is 0 Å². The molecular formula is C15H20O4.